The zero-order valence-corrected chi connectivity index (χ0v) is 9.10. The lowest BCUT2D eigenvalue weighted by Gasteiger charge is -2.49. The standard InChI is InChI=1S/C10H14N2O4/c1-10(2)6(3-7(10)13)12-9-11-5(4-16-9)8(14)15/h4,6-7,13H,3H2,1-2H3,(H,11,12)(H,14,15). The summed E-state index contributed by atoms with van der Waals surface area (Å²) in [6.07, 6.45) is 1.35. The third kappa shape index (κ3) is 1.65. The van der Waals surface area contributed by atoms with Crippen molar-refractivity contribution in [2.45, 2.75) is 32.4 Å². The molecule has 0 bridgehead atoms. The first-order valence-corrected chi connectivity index (χ1v) is 5.04. The number of aromatic carboxylic acids is 1. The highest BCUT2D eigenvalue weighted by Crippen LogP contribution is 2.42. The van der Waals surface area contributed by atoms with Gasteiger partial charge in [0.05, 0.1) is 6.10 Å². The fourth-order valence-electron chi connectivity index (χ4n) is 1.73. The van der Waals surface area contributed by atoms with Gasteiger partial charge < -0.3 is 19.9 Å². The van der Waals surface area contributed by atoms with Gasteiger partial charge in [-0.1, -0.05) is 13.8 Å². The van der Waals surface area contributed by atoms with E-state index in [2.05, 4.69) is 10.3 Å². The molecule has 0 spiro atoms. The summed E-state index contributed by atoms with van der Waals surface area (Å²) in [5.74, 6) is -1.12. The maximum Gasteiger partial charge on any atom is 0.357 e. The number of hydrogen-bond acceptors (Lipinski definition) is 5. The highest BCUT2D eigenvalue weighted by molar-refractivity contribution is 5.85. The van der Waals surface area contributed by atoms with Gasteiger partial charge in [0, 0.05) is 11.5 Å². The third-order valence-corrected chi connectivity index (χ3v) is 3.24. The number of hydrogen-bond donors (Lipinski definition) is 3. The first kappa shape index (κ1) is 10.9. The Hall–Kier alpha value is -1.56. The van der Waals surface area contributed by atoms with Gasteiger partial charge >= 0.3 is 5.97 Å². The second-order valence-corrected chi connectivity index (χ2v) is 4.61. The largest absolute Gasteiger partial charge is 0.476 e. The topological polar surface area (TPSA) is 95.6 Å². The molecule has 0 amide bonds. The molecule has 1 heterocycles. The zero-order valence-electron chi connectivity index (χ0n) is 9.10. The lowest BCUT2D eigenvalue weighted by Crippen LogP contribution is -2.56. The highest BCUT2D eigenvalue weighted by atomic mass is 16.4. The average molecular weight is 226 g/mol. The van der Waals surface area contributed by atoms with E-state index in [1.807, 2.05) is 13.8 Å². The fourth-order valence-corrected chi connectivity index (χ4v) is 1.73. The van der Waals surface area contributed by atoms with Crippen molar-refractivity contribution < 1.29 is 19.4 Å². The molecule has 3 N–H and O–H groups in total. The summed E-state index contributed by atoms with van der Waals surface area (Å²) >= 11 is 0. The Bertz CT molecular complexity index is 413. The van der Waals surface area contributed by atoms with Crippen LogP contribution in [0.3, 0.4) is 0 Å². The molecule has 0 aromatic carbocycles. The van der Waals surface area contributed by atoms with Gasteiger partial charge in [0.15, 0.2) is 5.69 Å². The second-order valence-electron chi connectivity index (χ2n) is 4.61. The van der Waals surface area contributed by atoms with Crippen LogP contribution < -0.4 is 5.32 Å². The van der Waals surface area contributed by atoms with E-state index >= 15 is 0 Å². The number of nitrogens with one attached hydrogen (secondary N) is 1. The van der Waals surface area contributed by atoms with Crippen molar-refractivity contribution in [3.8, 4) is 0 Å². The van der Waals surface area contributed by atoms with Crippen LogP contribution in [0.4, 0.5) is 6.01 Å². The second kappa shape index (κ2) is 3.48. The first-order chi connectivity index (χ1) is 7.41. The van der Waals surface area contributed by atoms with Gasteiger partial charge in [-0.25, -0.2) is 4.79 Å². The molecule has 6 heteroatoms. The van der Waals surface area contributed by atoms with Crippen molar-refractivity contribution >= 4 is 12.0 Å². The van der Waals surface area contributed by atoms with E-state index in [-0.39, 0.29) is 29.3 Å². The Morgan fingerprint density at radius 2 is 2.38 bits per heavy atom. The predicted octanol–water partition coefficient (Wildman–Crippen LogP) is 0.944. The molecule has 2 unspecified atom stereocenters. The van der Waals surface area contributed by atoms with Crippen molar-refractivity contribution in [1.82, 2.24) is 4.98 Å². The van der Waals surface area contributed by atoms with Crippen LogP contribution in [0.15, 0.2) is 10.7 Å². The Kier molecular flexibility index (Phi) is 2.38. The molecule has 2 atom stereocenters. The molecule has 16 heavy (non-hydrogen) atoms. The Morgan fingerprint density at radius 1 is 1.69 bits per heavy atom. The molecule has 1 saturated carbocycles. The molecule has 1 aromatic rings. The molecule has 0 aliphatic heterocycles. The number of aromatic nitrogens is 1. The van der Waals surface area contributed by atoms with Gasteiger partial charge in [0.2, 0.25) is 0 Å². The number of nitrogens with zero attached hydrogens (tertiary/aromatic N) is 1. The van der Waals surface area contributed by atoms with E-state index in [4.69, 9.17) is 9.52 Å². The number of carbonyl (C=O) groups is 1. The monoisotopic (exact) mass is 226 g/mol. The molecule has 1 fully saturated rings. The summed E-state index contributed by atoms with van der Waals surface area (Å²) in [5.41, 5.74) is -0.377. The van der Waals surface area contributed by atoms with Crippen molar-refractivity contribution in [3.63, 3.8) is 0 Å². The molecule has 6 nitrogen and oxygen atoms in total. The quantitative estimate of drug-likeness (QED) is 0.710. The molecule has 1 aliphatic rings. The number of oxazole rings is 1. The Morgan fingerprint density at radius 3 is 2.81 bits per heavy atom. The SMILES string of the molecule is CC1(C)C(O)CC1Nc1nc(C(=O)O)co1. The van der Waals surface area contributed by atoms with Crippen molar-refractivity contribution in [1.29, 1.82) is 0 Å². The van der Waals surface area contributed by atoms with E-state index in [1.54, 1.807) is 0 Å². The minimum atomic E-state index is -1.12. The van der Waals surface area contributed by atoms with E-state index in [1.165, 1.54) is 0 Å². The van der Waals surface area contributed by atoms with Gasteiger partial charge in [-0.15, -0.1) is 0 Å². The predicted molar refractivity (Wildman–Crippen MR) is 55.3 cm³/mol. The average Bonchev–Trinajstić information content (AvgIpc) is 2.66. The summed E-state index contributed by atoms with van der Waals surface area (Å²) in [5, 5.41) is 21.2. The van der Waals surface area contributed by atoms with Crippen molar-refractivity contribution in [2.24, 2.45) is 5.41 Å². The maximum absolute atomic E-state index is 10.6. The molecule has 88 valence electrons. The number of aliphatic hydroxyl groups is 1. The minimum Gasteiger partial charge on any atom is -0.476 e. The summed E-state index contributed by atoms with van der Waals surface area (Å²) < 4.78 is 4.98. The summed E-state index contributed by atoms with van der Waals surface area (Å²) in [4.78, 5) is 14.3. The molecule has 1 aliphatic carbocycles. The van der Waals surface area contributed by atoms with Crippen molar-refractivity contribution in [2.75, 3.05) is 5.32 Å². The molecular weight excluding hydrogens is 212 g/mol. The van der Waals surface area contributed by atoms with Crippen LogP contribution in [0.2, 0.25) is 0 Å². The van der Waals surface area contributed by atoms with Crippen LogP contribution >= 0.6 is 0 Å². The van der Waals surface area contributed by atoms with Crippen LogP contribution in [0.25, 0.3) is 0 Å². The highest BCUT2D eigenvalue weighted by Gasteiger charge is 2.47. The third-order valence-electron chi connectivity index (χ3n) is 3.24. The van der Waals surface area contributed by atoms with Crippen LogP contribution in [-0.2, 0) is 0 Å². The lowest BCUT2D eigenvalue weighted by atomic mass is 9.65. The van der Waals surface area contributed by atoms with Crippen LogP contribution in [0.5, 0.6) is 0 Å². The van der Waals surface area contributed by atoms with Crippen LogP contribution in [0, 0.1) is 5.41 Å². The van der Waals surface area contributed by atoms with Gasteiger partial charge in [0.1, 0.15) is 6.26 Å². The zero-order chi connectivity index (χ0) is 11.9. The van der Waals surface area contributed by atoms with Gasteiger partial charge in [0.25, 0.3) is 6.01 Å². The Balaban J connectivity index is 2.03. The smallest absolute Gasteiger partial charge is 0.357 e. The van der Waals surface area contributed by atoms with Crippen molar-refractivity contribution in [3.05, 3.63) is 12.0 Å². The van der Waals surface area contributed by atoms with E-state index < -0.39 is 5.97 Å². The number of anilines is 1. The Labute approximate surface area is 92.3 Å². The number of carboxylic acids is 1. The fraction of sp³-hybridized carbons (Fsp3) is 0.600. The first-order valence-electron chi connectivity index (χ1n) is 5.04. The van der Waals surface area contributed by atoms with E-state index in [0.29, 0.717) is 6.42 Å². The van der Waals surface area contributed by atoms with Gasteiger partial charge in [-0.2, -0.15) is 4.98 Å². The number of aliphatic hydroxyl groups excluding tert-OH is 1. The lowest BCUT2D eigenvalue weighted by molar-refractivity contribution is -0.0517. The molecule has 0 radical (unpaired) electrons. The van der Waals surface area contributed by atoms with E-state index in [0.717, 1.165) is 6.26 Å². The van der Waals surface area contributed by atoms with Crippen LogP contribution in [-0.4, -0.2) is 33.3 Å². The number of carboxylic acid groups (broad SMARTS) is 1. The van der Waals surface area contributed by atoms with E-state index in [9.17, 15) is 9.90 Å². The molecular formula is C10H14N2O4. The number of rotatable bonds is 3. The summed E-state index contributed by atoms with van der Waals surface area (Å²) in [6, 6.07) is 0.227. The summed E-state index contributed by atoms with van der Waals surface area (Å²) in [6.45, 7) is 3.86. The summed E-state index contributed by atoms with van der Waals surface area (Å²) in [7, 11) is 0. The maximum atomic E-state index is 10.6. The molecule has 1 aromatic heterocycles. The minimum absolute atomic E-state index is 0.0443. The van der Waals surface area contributed by atoms with Gasteiger partial charge in [-0.3, -0.25) is 0 Å². The van der Waals surface area contributed by atoms with Gasteiger partial charge in [-0.05, 0) is 6.42 Å². The molecule has 0 saturated heterocycles. The normalized spacial score (nSPS) is 27.2. The van der Waals surface area contributed by atoms with Crippen LogP contribution in [0.1, 0.15) is 30.8 Å². The molecule has 2 rings (SSSR count).